The third-order valence-corrected chi connectivity index (χ3v) is 3.41. The number of carbonyl (C=O) groups is 1. The average Bonchev–Trinajstić information content (AvgIpc) is 2.26. The van der Waals surface area contributed by atoms with Crippen molar-refractivity contribution in [3.63, 3.8) is 0 Å². The summed E-state index contributed by atoms with van der Waals surface area (Å²) in [6.07, 6.45) is 5.50. The van der Waals surface area contributed by atoms with Gasteiger partial charge in [-0.25, -0.2) is 0 Å². The van der Waals surface area contributed by atoms with Crippen LogP contribution in [0.15, 0.2) is 17.9 Å². The van der Waals surface area contributed by atoms with Gasteiger partial charge in [-0.1, -0.05) is 23.2 Å². The number of carbonyl (C=O) groups excluding carboxylic acids is 1. The molecule has 2 atom stereocenters. The van der Waals surface area contributed by atoms with Crippen molar-refractivity contribution in [3.8, 4) is 0 Å². The number of rotatable bonds is 0. The smallest absolute Gasteiger partial charge is 0.183 e. The van der Waals surface area contributed by atoms with Crippen molar-refractivity contribution in [2.45, 2.75) is 17.2 Å². The molecule has 1 fully saturated rings. The lowest BCUT2D eigenvalue weighted by Crippen LogP contribution is -2.55. The highest BCUT2D eigenvalue weighted by Gasteiger charge is 2.58. The Morgan fingerprint density at radius 2 is 2.33 bits per heavy atom. The molecule has 0 aliphatic heterocycles. The Labute approximate surface area is 81.0 Å². The molecular weight excluding hydrogens is 195 g/mol. The van der Waals surface area contributed by atoms with Gasteiger partial charge in [0.25, 0.3) is 0 Å². The summed E-state index contributed by atoms with van der Waals surface area (Å²) >= 11 is 11.7. The van der Waals surface area contributed by atoms with Gasteiger partial charge in [0.15, 0.2) is 10.1 Å². The molecule has 2 rings (SSSR count). The van der Waals surface area contributed by atoms with Gasteiger partial charge in [-0.3, -0.25) is 4.79 Å². The van der Waals surface area contributed by atoms with Gasteiger partial charge in [-0.2, -0.15) is 0 Å². The molecule has 0 aromatic heterocycles. The van der Waals surface area contributed by atoms with Gasteiger partial charge in [0, 0.05) is 11.8 Å². The number of ketones is 1. The van der Waals surface area contributed by atoms with E-state index in [1.165, 1.54) is 0 Å². The summed E-state index contributed by atoms with van der Waals surface area (Å²) in [4.78, 5) is 11.3. The minimum Gasteiger partial charge on any atom is -0.296 e. The van der Waals surface area contributed by atoms with Crippen molar-refractivity contribution in [2.75, 3.05) is 0 Å². The van der Waals surface area contributed by atoms with Crippen molar-refractivity contribution >= 4 is 29.0 Å². The Morgan fingerprint density at radius 1 is 1.58 bits per heavy atom. The lowest BCUT2D eigenvalue weighted by Gasteiger charge is -2.43. The van der Waals surface area contributed by atoms with E-state index in [1.54, 1.807) is 0 Å². The minimum absolute atomic E-state index is 0.0212. The highest BCUT2D eigenvalue weighted by molar-refractivity contribution is 6.61. The second kappa shape index (κ2) is 2.63. The molecule has 1 saturated carbocycles. The number of hydrogen-bond acceptors (Lipinski definition) is 1. The molecule has 0 aromatic carbocycles. The van der Waals surface area contributed by atoms with Crippen molar-refractivity contribution in [1.82, 2.24) is 0 Å². The van der Waals surface area contributed by atoms with Gasteiger partial charge in [-0.15, -0.1) is 5.73 Å². The normalized spacial score (nSPS) is 37.0. The van der Waals surface area contributed by atoms with E-state index in [0.29, 0.717) is 0 Å². The molecule has 0 saturated heterocycles. The zero-order valence-electron chi connectivity index (χ0n) is 6.39. The Balaban J connectivity index is 2.28. The monoisotopic (exact) mass is 202 g/mol. The molecule has 0 amide bonds. The molecular formula is C9H8Cl2O. The lowest BCUT2D eigenvalue weighted by atomic mass is 9.70. The van der Waals surface area contributed by atoms with Crippen LogP contribution in [-0.4, -0.2) is 10.1 Å². The van der Waals surface area contributed by atoms with Crippen molar-refractivity contribution < 1.29 is 4.79 Å². The fraction of sp³-hybridized carbons (Fsp3) is 0.556. The maximum absolute atomic E-state index is 11.3. The molecule has 12 heavy (non-hydrogen) atoms. The van der Waals surface area contributed by atoms with Crippen LogP contribution in [-0.2, 0) is 4.79 Å². The third kappa shape index (κ3) is 0.974. The summed E-state index contributed by atoms with van der Waals surface area (Å²) in [6.45, 7) is 0. The van der Waals surface area contributed by atoms with Crippen LogP contribution in [0.3, 0.4) is 0 Å². The van der Waals surface area contributed by atoms with Gasteiger partial charge in [0.1, 0.15) is 0 Å². The van der Waals surface area contributed by atoms with Crippen molar-refractivity contribution in [1.29, 1.82) is 0 Å². The van der Waals surface area contributed by atoms with E-state index in [1.807, 2.05) is 12.2 Å². The quantitative estimate of drug-likeness (QED) is 0.436. The fourth-order valence-corrected chi connectivity index (χ4v) is 2.49. The SMILES string of the molecule is O=C1[C@@H]2CCC=C=C[C@@H]2C1(Cl)Cl. The maximum Gasteiger partial charge on any atom is 0.183 e. The van der Waals surface area contributed by atoms with Gasteiger partial charge in [-0.05, 0) is 25.0 Å². The van der Waals surface area contributed by atoms with E-state index in [0.717, 1.165) is 12.8 Å². The summed E-state index contributed by atoms with van der Waals surface area (Å²) in [6, 6.07) is 0. The van der Waals surface area contributed by atoms with E-state index in [9.17, 15) is 4.79 Å². The summed E-state index contributed by atoms with van der Waals surface area (Å²) in [5.41, 5.74) is 2.98. The summed E-state index contributed by atoms with van der Waals surface area (Å²) < 4.78 is -1.17. The summed E-state index contributed by atoms with van der Waals surface area (Å²) in [5, 5.41) is 0. The number of halogens is 2. The zero-order valence-corrected chi connectivity index (χ0v) is 7.90. The summed E-state index contributed by atoms with van der Waals surface area (Å²) in [5.74, 6) is -0.0116. The molecule has 2 aliphatic rings. The van der Waals surface area contributed by atoms with E-state index >= 15 is 0 Å². The molecule has 0 unspecified atom stereocenters. The van der Waals surface area contributed by atoms with Crippen LogP contribution in [0.1, 0.15) is 12.8 Å². The second-order valence-electron chi connectivity index (χ2n) is 3.23. The molecule has 0 heterocycles. The number of fused-ring (bicyclic) bond motifs is 1. The lowest BCUT2D eigenvalue weighted by molar-refractivity contribution is -0.133. The van der Waals surface area contributed by atoms with Crippen molar-refractivity contribution in [3.05, 3.63) is 17.9 Å². The first-order chi connectivity index (χ1) is 5.64. The number of alkyl halides is 2. The largest absolute Gasteiger partial charge is 0.296 e. The molecule has 1 nitrogen and oxygen atoms in total. The third-order valence-electron chi connectivity index (χ3n) is 2.53. The molecule has 0 bridgehead atoms. The first-order valence-electron chi connectivity index (χ1n) is 3.97. The number of hydrogen-bond donors (Lipinski definition) is 0. The average molecular weight is 203 g/mol. The molecule has 0 radical (unpaired) electrons. The second-order valence-corrected chi connectivity index (χ2v) is 4.62. The van der Waals surface area contributed by atoms with Crippen LogP contribution in [0.2, 0.25) is 0 Å². The standard InChI is InChI=1S/C9H8Cl2O/c10-9(11)7-5-3-1-2-4-6(7)8(9)12/h1,5-7H,2,4H2/t6-,7+/m1/s1. The van der Waals surface area contributed by atoms with Crippen LogP contribution >= 0.6 is 23.2 Å². The first-order valence-corrected chi connectivity index (χ1v) is 4.73. The first kappa shape index (κ1) is 8.37. The highest BCUT2D eigenvalue weighted by Crippen LogP contribution is 2.51. The highest BCUT2D eigenvalue weighted by atomic mass is 35.5. The molecule has 2 aliphatic carbocycles. The number of Topliss-reactive ketones (excluding diaryl/α,β-unsaturated/α-hetero) is 1. The van der Waals surface area contributed by atoms with Crippen LogP contribution in [0, 0.1) is 11.8 Å². The minimum atomic E-state index is -1.17. The van der Waals surface area contributed by atoms with Crippen molar-refractivity contribution in [2.24, 2.45) is 11.8 Å². The predicted molar refractivity (Wildman–Crippen MR) is 48.3 cm³/mol. The zero-order chi connectivity index (χ0) is 8.77. The van der Waals surface area contributed by atoms with Crippen LogP contribution in [0.25, 0.3) is 0 Å². The Hall–Kier alpha value is -0.230. The molecule has 3 heteroatoms. The van der Waals surface area contributed by atoms with Gasteiger partial charge >= 0.3 is 0 Å². The Morgan fingerprint density at radius 3 is 3.08 bits per heavy atom. The fourth-order valence-electron chi connectivity index (χ4n) is 1.78. The van der Waals surface area contributed by atoms with E-state index in [4.69, 9.17) is 23.2 Å². The Kier molecular flexibility index (Phi) is 1.84. The van der Waals surface area contributed by atoms with E-state index < -0.39 is 4.33 Å². The summed E-state index contributed by atoms with van der Waals surface area (Å²) in [7, 11) is 0. The number of allylic oxidation sites excluding steroid dienone is 1. The van der Waals surface area contributed by atoms with Crippen LogP contribution in [0.4, 0.5) is 0 Å². The van der Waals surface area contributed by atoms with E-state index in [-0.39, 0.29) is 17.6 Å². The van der Waals surface area contributed by atoms with Crippen LogP contribution < -0.4 is 0 Å². The van der Waals surface area contributed by atoms with Gasteiger partial charge in [0.2, 0.25) is 0 Å². The van der Waals surface area contributed by atoms with Crippen LogP contribution in [0.5, 0.6) is 0 Å². The van der Waals surface area contributed by atoms with Gasteiger partial charge < -0.3 is 0 Å². The molecule has 0 N–H and O–H groups in total. The Bertz CT molecular complexity index is 287. The maximum atomic E-state index is 11.3. The predicted octanol–water partition coefficient (Wildman–Crippen LogP) is 2.48. The molecule has 64 valence electrons. The van der Waals surface area contributed by atoms with E-state index in [2.05, 4.69) is 5.73 Å². The molecule has 0 aromatic rings. The van der Waals surface area contributed by atoms with Gasteiger partial charge in [0.05, 0.1) is 0 Å². The molecule has 0 spiro atoms. The topological polar surface area (TPSA) is 17.1 Å².